The van der Waals surface area contributed by atoms with Crippen LogP contribution in [-0.4, -0.2) is 31.0 Å². The van der Waals surface area contributed by atoms with Gasteiger partial charge in [-0.2, -0.15) is 0 Å². The van der Waals surface area contributed by atoms with Gasteiger partial charge >= 0.3 is 6.36 Å². The van der Waals surface area contributed by atoms with Crippen molar-refractivity contribution in [3.05, 3.63) is 29.8 Å². The van der Waals surface area contributed by atoms with E-state index in [9.17, 15) is 18.0 Å². The summed E-state index contributed by atoms with van der Waals surface area (Å²) in [6.45, 7) is 0.681. The zero-order valence-electron chi connectivity index (χ0n) is 11.8. The summed E-state index contributed by atoms with van der Waals surface area (Å²) in [4.78, 5) is 12.1. The zero-order chi connectivity index (χ0) is 16.2. The van der Waals surface area contributed by atoms with Gasteiger partial charge in [0.15, 0.2) is 0 Å². The van der Waals surface area contributed by atoms with Crippen molar-refractivity contribution in [1.82, 2.24) is 5.32 Å². The molecule has 1 heterocycles. The van der Waals surface area contributed by atoms with Crippen LogP contribution in [-0.2, 0) is 16.1 Å². The van der Waals surface area contributed by atoms with E-state index >= 15 is 0 Å². The second-order valence-corrected chi connectivity index (χ2v) is 5.11. The standard InChI is InChI=1S/C14H17F3N2O3/c15-14(16,17)22-11-4-2-1-3-10(11)9-19-12(20)13(18)5-7-21-8-6-13/h1-4H,5-9,18H2,(H,19,20). The van der Waals surface area contributed by atoms with Gasteiger partial charge in [-0.25, -0.2) is 0 Å². The van der Waals surface area contributed by atoms with Gasteiger partial charge in [0.05, 0.1) is 5.54 Å². The third-order valence-electron chi connectivity index (χ3n) is 3.47. The van der Waals surface area contributed by atoms with Crippen LogP contribution in [0.25, 0.3) is 0 Å². The molecule has 0 unspecified atom stereocenters. The van der Waals surface area contributed by atoms with Crippen LogP contribution >= 0.6 is 0 Å². The summed E-state index contributed by atoms with van der Waals surface area (Å²) >= 11 is 0. The van der Waals surface area contributed by atoms with Crippen molar-refractivity contribution in [2.24, 2.45) is 5.73 Å². The molecule has 1 aliphatic heterocycles. The van der Waals surface area contributed by atoms with Crippen molar-refractivity contribution in [3.63, 3.8) is 0 Å². The molecule has 5 nitrogen and oxygen atoms in total. The normalized spacial score (nSPS) is 17.8. The van der Waals surface area contributed by atoms with Crippen LogP contribution in [0.2, 0.25) is 0 Å². The molecule has 2 rings (SSSR count). The molecule has 122 valence electrons. The van der Waals surface area contributed by atoms with Gasteiger partial charge in [0, 0.05) is 25.3 Å². The maximum Gasteiger partial charge on any atom is 0.573 e. The minimum Gasteiger partial charge on any atom is -0.405 e. The van der Waals surface area contributed by atoms with Crippen molar-refractivity contribution in [2.75, 3.05) is 13.2 Å². The maximum absolute atomic E-state index is 12.3. The number of halogens is 3. The van der Waals surface area contributed by atoms with Crippen molar-refractivity contribution in [2.45, 2.75) is 31.3 Å². The average molecular weight is 318 g/mol. The number of hydrogen-bond acceptors (Lipinski definition) is 4. The highest BCUT2D eigenvalue weighted by Gasteiger charge is 2.36. The molecule has 0 spiro atoms. The number of carbonyl (C=O) groups excluding carboxylic acids is 1. The largest absolute Gasteiger partial charge is 0.573 e. The van der Waals surface area contributed by atoms with E-state index in [1.807, 2.05) is 0 Å². The highest BCUT2D eigenvalue weighted by atomic mass is 19.4. The first-order chi connectivity index (χ1) is 10.3. The molecular weight excluding hydrogens is 301 g/mol. The molecule has 0 atom stereocenters. The number of alkyl halides is 3. The number of para-hydroxylation sites is 1. The third kappa shape index (κ3) is 4.35. The first kappa shape index (κ1) is 16.6. The molecule has 8 heteroatoms. The Kier molecular flexibility index (Phi) is 4.92. The molecule has 0 saturated carbocycles. The zero-order valence-corrected chi connectivity index (χ0v) is 11.8. The van der Waals surface area contributed by atoms with Gasteiger partial charge in [0.1, 0.15) is 5.75 Å². The van der Waals surface area contributed by atoms with Crippen LogP contribution in [0, 0.1) is 0 Å². The summed E-state index contributed by atoms with van der Waals surface area (Å²) in [5, 5.41) is 2.57. The molecule has 3 N–H and O–H groups in total. The van der Waals surface area contributed by atoms with E-state index in [2.05, 4.69) is 10.1 Å². The van der Waals surface area contributed by atoms with Crippen molar-refractivity contribution in [3.8, 4) is 5.75 Å². The Morgan fingerprint density at radius 3 is 2.59 bits per heavy atom. The first-order valence-corrected chi connectivity index (χ1v) is 6.79. The van der Waals surface area contributed by atoms with Crippen LogP contribution in [0.15, 0.2) is 24.3 Å². The van der Waals surface area contributed by atoms with Crippen LogP contribution in [0.4, 0.5) is 13.2 Å². The monoisotopic (exact) mass is 318 g/mol. The Morgan fingerprint density at radius 2 is 1.95 bits per heavy atom. The second kappa shape index (κ2) is 6.53. The van der Waals surface area contributed by atoms with Gasteiger partial charge in [0.2, 0.25) is 5.91 Å². The second-order valence-electron chi connectivity index (χ2n) is 5.11. The Morgan fingerprint density at radius 1 is 1.32 bits per heavy atom. The molecule has 0 radical (unpaired) electrons. The van der Waals surface area contributed by atoms with Crippen LogP contribution in [0.3, 0.4) is 0 Å². The summed E-state index contributed by atoms with van der Waals surface area (Å²) in [5.41, 5.74) is 5.19. The molecule has 0 aromatic heterocycles. The topological polar surface area (TPSA) is 73.6 Å². The summed E-state index contributed by atoms with van der Waals surface area (Å²) in [5.74, 6) is -0.744. The van der Waals surface area contributed by atoms with E-state index in [-0.39, 0.29) is 17.9 Å². The van der Waals surface area contributed by atoms with Crippen LogP contribution in [0.1, 0.15) is 18.4 Å². The molecule has 1 aromatic rings. The SMILES string of the molecule is NC1(C(=O)NCc2ccccc2OC(F)(F)F)CCOCC1. The maximum atomic E-state index is 12.3. The number of nitrogens with one attached hydrogen (secondary N) is 1. The highest BCUT2D eigenvalue weighted by Crippen LogP contribution is 2.26. The molecule has 1 aliphatic rings. The minimum absolute atomic E-state index is 0.0924. The number of ether oxygens (including phenoxy) is 2. The summed E-state index contributed by atoms with van der Waals surface area (Å²) in [6.07, 6.45) is -4.03. The first-order valence-electron chi connectivity index (χ1n) is 6.79. The third-order valence-corrected chi connectivity index (χ3v) is 3.47. The fraction of sp³-hybridized carbons (Fsp3) is 0.500. The van der Waals surface area contributed by atoms with Gasteiger partial charge in [-0.1, -0.05) is 18.2 Å². The van der Waals surface area contributed by atoms with Crippen LogP contribution in [0.5, 0.6) is 5.75 Å². The van der Waals surface area contributed by atoms with Crippen LogP contribution < -0.4 is 15.8 Å². The fourth-order valence-electron chi connectivity index (χ4n) is 2.19. The highest BCUT2D eigenvalue weighted by molar-refractivity contribution is 5.86. The number of nitrogens with two attached hydrogens (primary N) is 1. The molecule has 1 saturated heterocycles. The summed E-state index contributed by atoms with van der Waals surface area (Å²) < 4.78 is 46.1. The average Bonchev–Trinajstić information content (AvgIpc) is 2.45. The fourth-order valence-corrected chi connectivity index (χ4v) is 2.19. The Balaban J connectivity index is 2.01. The summed E-state index contributed by atoms with van der Waals surface area (Å²) in [6, 6.07) is 5.64. The van der Waals surface area contributed by atoms with Crippen molar-refractivity contribution >= 4 is 5.91 Å². The predicted octanol–water partition coefficient (Wildman–Crippen LogP) is 1.71. The lowest BCUT2D eigenvalue weighted by molar-refractivity contribution is -0.274. The Labute approximate surface area is 125 Å². The lowest BCUT2D eigenvalue weighted by Crippen LogP contribution is -2.56. The molecule has 1 amide bonds. The van der Waals surface area contributed by atoms with E-state index in [0.29, 0.717) is 26.1 Å². The molecular formula is C14H17F3N2O3. The van der Waals surface area contributed by atoms with E-state index < -0.39 is 17.8 Å². The number of benzene rings is 1. The number of rotatable bonds is 4. The smallest absolute Gasteiger partial charge is 0.405 e. The predicted molar refractivity (Wildman–Crippen MR) is 71.9 cm³/mol. The lowest BCUT2D eigenvalue weighted by Gasteiger charge is -2.31. The van der Waals surface area contributed by atoms with Gasteiger partial charge < -0.3 is 20.5 Å². The molecule has 1 fully saturated rings. The van der Waals surface area contributed by atoms with Crippen molar-refractivity contribution in [1.29, 1.82) is 0 Å². The van der Waals surface area contributed by atoms with E-state index in [1.165, 1.54) is 18.2 Å². The van der Waals surface area contributed by atoms with Gasteiger partial charge in [-0.15, -0.1) is 13.2 Å². The van der Waals surface area contributed by atoms with Gasteiger partial charge in [-0.3, -0.25) is 4.79 Å². The lowest BCUT2D eigenvalue weighted by atomic mass is 9.90. The van der Waals surface area contributed by atoms with E-state index in [0.717, 1.165) is 0 Å². The number of hydrogen-bond donors (Lipinski definition) is 2. The number of carbonyl (C=O) groups is 1. The Bertz CT molecular complexity index is 528. The quantitative estimate of drug-likeness (QED) is 0.886. The number of amides is 1. The summed E-state index contributed by atoms with van der Waals surface area (Å²) in [7, 11) is 0. The molecule has 22 heavy (non-hydrogen) atoms. The molecule has 0 aliphatic carbocycles. The Hall–Kier alpha value is -1.80. The van der Waals surface area contributed by atoms with Gasteiger partial charge in [-0.05, 0) is 18.9 Å². The molecule has 0 bridgehead atoms. The van der Waals surface area contributed by atoms with Gasteiger partial charge in [0.25, 0.3) is 0 Å². The minimum atomic E-state index is -4.78. The van der Waals surface area contributed by atoms with E-state index in [1.54, 1.807) is 6.07 Å². The molecule has 1 aromatic carbocycles. The van der Waals surface area contributed by atoms with Crippen molar-refractivity contribution < 1.29 is 27.4 Å². The van der Waals surface area contributed by atoms with E-state index in [4.69, 9.17) is 10.5 Å².